The molecule has 3 aromatic rings. The molecule has 2 heterocycles. The molecular formula is C19H22N4O2. The number of rotatable bonds is 4. The maximum absolute atomic E-state index is 12.3. The first-order chi connectivity index (χ1) is 11.9. The highest BCUT2D eigenvalue weighted by Crippen LogP contribution is 2.20. The predicted molar refractivity (Wildman–Crippen MR) is 95.2 cm³/mol. The van der Waals surface area contributed by atoms with Gasteiger partial charge in [0, 0.05) is 12.3 Å². The molecule has 130 valence electrons. The van der Waals surface area contributed by atoms with Gasteiger partial charge in [-0.2, -0.15) is 5.10 Å². The van der Waals surface area contributed by atoms with E-state index in [9.17, 15) is 4.79 Å². The van der Waals surface area contributed by atoms with Crippen LogP contribution < -0.4 is 5.32 Å². The Morgan fingerprint density at radius 3 is 2.64 bits per heavy atom. The van der Waals surface area contributed by atoms with Crippen LogP contribution in [0.4, 0.5) is 4.79 Å². The number of nitrogens with zero attached hydrogens (tertiary/aromatic N) is 3. The van der Waals surface area contributed by atoms with Gasteiger partial charge in [-0.25, -0.2) is 14.3 Å². The molecule has 2 aromatic heterocycles. The van der Waals surface area contributed by atoms with E-state index < -0.39 is 11.7 Å². The van der Waals surface area contributed by atoms with Crippen molar-refractivity contribution in [2.24, 2.45) is 0 Å². The number of carbonyl (C=O) groups is 1. The van der Waals surface area contributed by atoms with E-state index in [1.54, 1.807) is 16.9 Å². The van der Waals surface area contributed by atoms with E-state index >= 15 is 0 Å². The average molecular weight is 338 g/mol. The van der Waals surface area contributed by atoms with E-state index in [2.05, 4.69) is 15.4 Å². The molecule has 0 saturated carbocycles. The third-order valence-corrected chi connectivity index (χ3v) is 3.65. The minimum absolute atomic E-state index is 0.289. The van der Waals surface area contributed by atoms with E-state index in [-0.39, 0.29) is 6.04 Å². The SMILES string of the molecule is CC(C)(C)OC(=O)N[C@@H](Cc1ccccc1)c1ccnc2ccnn12. The first-order valence-electron chi connectivity index (χ1n) is 8.24. The summed E-state index contributed by atoms with van der Waals surface area (Å²) < 4.78 is 7.17. The summed E-state index contributed by atoms with van der Waals surface area (Å²) in [6.07, 6.45) is 3.59. The van der Waals surface area contributed by atoms with Crippen LogP contribution in [0, 0.1) is 0 Å². The van der Waals surface area contributed by atoms with E-state index in [1.807, 2.05) is 63.2 Å². The van der Waals surface area contributed by atoms with Crippen molar-refractivity contribution in [3.05, 3.63) is 66.1 Å². The van der Waals surface area contributed by atoms with Gasteiger partial charge in [0.2, 0.25) is 0 Å². The summed E-state index contributed by atoms with van der Waals surface area (Å²) >= 11 is 0. The van der Waals surface area contributed by atoms with Gasteiger partial charge in [-0.3, -0.25) is 0 Å². The first kappa shape index (κ1) is 17.0. The molecule has 1 N–H and O–H groups in total. The van der Waals surface area contributed by atoms with E-state index in [1.165, 1.54) is 0 Å². The van der Waals surface area contributed by atoms with E-state index in [4.69, 9.17) is 4.74 Å². The molecule has 25 heavy (non-hydrogen) atoms. The van der Waals surface area contributed by atoms with E-state index in [0.29, 0.717) is 6.42 Å². The molecule has 0 bridgehead atoms. The van der Waals surface area contributed by atoms with Crippen molar-refractivity contribution >= 4 is 11.7 Å². The van der Waals surface area contributed by atoms with Gasteiger partial charge in [0.1, 0.15) is 5.60 Å². The van der Waals surface area contributed by atoms with Gasteiger partial charge in [0.15, 0.2) is 5.65 Å². The van der Waals surface area contributed by atoms with Crippen LogP contribution in [-0.2, 0) is 11.2 Å². The molecule has 0 aliphatic rings. The highest BCUT2D eigenvalue weighted by atomic mass is 16.6. The van der Waals surface area contributed by atoms with Gasteiger partial charge >= 0.3 is 6.09 Å². The highest BCUT2D eigenvalue weighted by molar-refractivity contribution is 5.68. The Kier molecular flexibility index (Phi) is 4.70. The second-order valence-electron chi connectivity index (χ2n) is 6.86. The Hall–Kier alpha value is -2.89. The molecule has 1 aromatic carbocycles. The van der Waals surface area contributed by atoms with Crippen molar-refractivity contribution in [3.63, 3.8) is 0 Å². The van der Waals surface area contributed by atoms with Crippen molar-refractivity contribution in [2.45, 2.75) is 38.8 Å². The molecule has 1 atom stereocenters. The molecular weight excluding hydrogens is 316 g/mol. The highest BCUT2D eigenvalue weighted by Gasteiger charge is 2.23. The molecule has 0 fully saturated rings. The Balaban J connectivity index is 1.91. The van der Waals surface area contributed by atoms with Crippen molar-refractivity contribution in [1.29, 1.82) is 0 Å². The molecule has 0 spiro atoms. The minimum atomic E-state index is -0.555. The number of amides is 1. The third-order valence-electron chi connectivity index (χ3n) is 3.65. The maximum Gasteiger partial charge on any atom is 0.408 e. The molecule has 1 amide bonds. The standard InChI is InChI=1S/C19H22N4O2/c1-19(2,3)25-18(24)22-15(13-14-7-5-4-6-8-14)16-9-11-20-17-10-12-21-23(16)17/h4-12,15H,13H2,1-3H3,(H,22,24)/t15-/m0/s1. The van der Waals surface area contributed by atoms with Crippen molar-refractivity contribution in [3.8, 4) is 0 Å². The quantitative estimate of drug-likeness (QED) is 0.790. The summed E-state index contributed by atoms with van der Waals surface area (Å²) in [5, 5.41) is 7.30. The molecule has 6 heteroatoms. The topological polar surface area (TPSA) is 68.5 Å². The molecule has 0 saturated heterocycles. The number of aromatic nitrogens is 3. The number of ether oxygens (including phenoxy) is 1. The predicted octanol–water partition coefficient (Wildman–Crippen LogP) is 3.54. The summed E-state index contributed by atoms with van der Waals surface area (Å²) in [4.78, 5) is 16.6. The largest absolute Gasteiger partial charge is 0.444 e. The second kappa shape index (κ2) is 6.93. The lowest BCUT2D eigenvalue weighted by atomic mass is 10.0. The number of benzene rings is 1. The van der Waals surface area contributed by atoms with Crippen LogP contribution in [0.5, 0.6) is 0 Å². The Bertz CT molecular complexity index is 852. The molecule has 0 unspecified atom stereocenters. The van der Waals surface area contributed by atoms with Gasteiger partial charge < -0.3 is 10.1 Å². The zero-order chi connectivity index (χ0) is 17.9. The number of hydrogen-bond donors (Lipinski definition) is 1. The average Bonchev–Trinajstić information content (AvgIpc) is 3.02. The van der Waals surface area contributed by atoms with Gasteiger partial charge in [0.25, 0.3) is 0 Å². The van der Waals surface area contributed by atoms with Crippen LogP contribution in [-0.4, -0.2) is 26.3 Å². The van der Waals surface area contributed by atoms with Crippen LogP contribution >= 0.6 is 0 Å². The van der Waals surface area contributed by atoms with E-state index in [0.717, 1.165) is 16.9 Å². The molecule has 0 aliphatic carbocycles. The van der Waals surface area contributed by atoms with Crippen LogP contribution in [0.3, 0.4) is 0 Å². The lowest BCUT2D eigenvalue weighted by Gasteiger charge is -2.24. The van der Waals surface area contributed by atoms with Crippen LogP contribution in [0.15, 0.2) is 54.9 Å². The van der Waals surface area contributed by atoms with Gasteiger partial charge in [0.05, 0.1) is 17.9 Å². The van der Waals surface area contributed by atoms with Crippen LogP contribution in [0.2, 0.25) is 0 Å². The molecule has 0 radical (unpaired) electrons. The maximum atomic E-state index is 12.3. The summed E-state index contributed by atoms with van der Waals surface area (Å²) in [5.74, 6) is 0. The first-order valence-corrected chi connectivity index (χ1v) is 8.24. The smallest absolute Gasteiger partial charge is 0.408 e. The number of alkyl carbamates (subject to hydrolysis) is 1. The summed E-state index contributed by atoms with van der Waals surface area (Å²) in [7, 11) is 0. The number of hydrogen-bond acceptors (Lipinski definition) is 4. The second-order valence-corrected chi connectivity index (χ2v) is 6.86. The Labute approximate surface area is 146 Å². The normalized spacial score (nSPS) is 12.8. The number of carbonyl (C=O) groups excluding carboxylic acids is 1. The molecule has 3 rings (SSSR count). The summed E-state index contributed by atoms with van der Waals surface area (Å²) in [5.41, 5.74) is 2.15. The van der Waals surface area contributed by atoms with Crippen LogP contribution in [0.25, 0.3) is 5.65 Å². The summed E-state index contributed by atoms with van der Waals surface area (Å²) in [6, 6.07) is 13.4. The monoisotopic (exact) mass is 338 g/mol. The lowest BCUT2D eigenvalue weighted by Crippen LogP contribution is -2.36. The van der Waals surface area contributed by atoms with Gasteiger partial charge in [-0.05, 0) is 38.8 Å². The lowest BCUT2D eigenvalue weighted by molar-refractivity contribution is 0.0501. The number of fused-ring (bicyclic) bond motifs is 1. The molecule has 6 nitrogen and oxygen atoms in total. The fourth-order valence-electron chi connectivity index (χ4n) is 2.65. The van der Waals surface area contributed by atoms with Gasteiger partial charge in [-0.15, -0.1) is 0 Å². The van der Waals surface area contributed by atoms with Crippen molar-refractivity contribution in [1.82, 2.24) is 19.9 Å². The zero-order valence-corrected chi connectivity index (χ0v) is 14.6. The fourth-order valence-corrected chi connectivity index (χ4v) is 2.65. The summed E-state index contributed by atoms with van der Waals surface area (Å²) in [6.45, 7) is 5.53. The Morgan fingerprint density at radius 1 is 1.16 bits per heavy atom. The third kappa shape index (κ3) is 4.35. The zero-order valence-electron chi connectivity index (χ0n) is 14.6. The molecule has 0 aliphatic heterocycles. The number of nitrogens with one attached hydrogen (secondary N) is 1. The minimum Gasteiger partial charge on any atom is -0.444 e. The Morgan fingerprint density at radius 2 is 1.92 bits per heavy atom. The van der Waals surface area contributed by atoms with Crippen molar-refractivity contribution < 1.29 is 9.53 Å². The van der Waals surface area contributed by atoms with Crippen molar-refractivity contribution in [2.75, 3.05) is 0 Å². The van der Waals surface area contributed by atoms with Gasteiger partial charge in [-0.1, -0.05) is 30.3 Å². The van der Waals surface area contributed by atoms with Crippen LogP contribution in [0.1, 0.15) is 38.1 Å². The fraction of sp³-hybridized carbons (Fsp3) is 0.316.